The zero-order valence-electron chi connectivity index (χ0n) is 12.5. The molecule has 2 heterocycles. The van der Waals surface area contributed by atoms with Gasteiger partial charge >= 0.3 is 6.03 Å². The van der Waals surface area contributed by atoms with Crippen molar-refractivity contribution in [1.29, 1.82) is 0 Å². The van der Waals surface area contributed by atoms with Crippen molar-refractivity contribution in [1.82, 2.24) is 14.7 Å². The number of hydrogen-bond acceptors (Lipinski definition) is 3. The molecule has 1 aromatic rings. The lowest BCUT2D eigenvalue weighted by Crippen LogP contribution is -2.33. The molecule has 112 valence electrons. The molecule has 0 aliphatic carbocycles. The second-order valence-electron chi connectivity index (χ2n) is 5.75. The van der Waals surface area contributed by atoms with Gasteiger partial charge in [-0.1, -0.05) is 20.8 Å². The molecule has 0 bridgehead atoms. The molecule has 2 amide bonds. The number of hydrogen-bond donors (Lipinski definition) is 2. The highest BCUT2D eigenvalue weighted by Gasteiger charge is 2.25. The number of rotatable bonds is 4. The van der Waals surface area contributed by atoms with Crippen molar-refractivity contribution in [3.05, 3.63) is 11.9 Å². The Kier molecular flexibility index (Phi) is 4.65. The Bertz CT molecular complexity index is 470. The number of nitrogens with one attached hydrogen (secondary N) is 1. The third-order valence-corrected chi connectivity index (χ3v) is 3.51. The Labute approximate surface area is 119 Å². The molecule has 20 heavy (non-hydrogen) atoms. The van der Waals surface area contributed by atoms with E-state index in [0.717, 1.165) is 24.3 Å². The summed E-state index contributed by atoms with van der Waals surface area (Å²) in [7, 11) is 0. The van der Waals surface area contributed by atoms with Gasteiger partial charge in [-0.2, -0.15) is 5.10 Å². The van der Waals surface area contributed by atoms with Crippen LogP contribution in [0.2, 0.25) is 0 Å². The van der Waals surface area contributed by atoms with Crippen LogP contribution in [0.25, 0.3) is 0 Å². The molecule has 6 nitrogen and oxygen atoms in total. The first-order chi connectivity index (χ1) is 9.51. The number of likely N-dealkylation sites (tertiary alicyclic amines) is 1. The second-order valence-corrected chi connectivity index (χ2v) is 5.75. The molecule has 2 rings (SSSR count). The number of carbonyl (C=O) groups excluding carboxylic acids is 1. The number of carbonyl (C=O) groups is 1. The predicted octanol–water partition coefficient (Wildman–Crippen LogP) is 1.70. The average Bonchev–Trinajstić information content (AvgIpc) is 2.96. The fourth-order valence-electron chi connectivity index (χ4n) is 2.51. The van der Waals surface area contributed by atoms with Crippen molar-refractivity contribution in [2.24, 2.45) is 5.92 Å². The predicted molar refractivity (Wildman–Crippen MR) is 77.7 cm³/mol. The Morgan fingerprint density at radius 3 is 2.90 bits per heavy atom. The number of aromatic nitrogens is 2. The zero-order valence-corrected chi connectivity index (χ0v) is 12.5. The van der Waals surface area contributed by atoms with Gasteiger partial charge in [0.05, 0.1) is 23.7 Å². The van der Waals surface area contributed by atoms with Gasteiger partial charge in [0.2, 0.25) is 0 Å². The summed E-state index contributed by atoms with van der Waals surface area (Å²) in [6.45, 7) is 8.21. The lowest BCUT2D eigenvalue weighted by Gasteiger charge is -2.17. The maximum Gasteiger partial charge on any atom is 0.322 e. The van der Waals surface area contributed by atoms with Crippen LogP contribution in [-0.4, -0.2) is 45.0 Å². The lowest BCUT2D eigenvalue weighted by atomic mass is 10.2. The molecule has 1 aliphatic rings. The largest absolute Gasteiger partial charge is 0.391 e. The molecule has 0 saturated carbocycles. The van der Waals surface area contributed by atoms with Crippen LogP contribution >= 0.6 is 0 Å². The molecular formula is C14H24N4O2. The first-order valence-electron chi connectivity index (χ1n) is 7.30. The van der Waals surface area contributed by atoms with Gasteiger partial charge in [0.15, 0.2) is 0 Å². The van der Waals surface area contributed by atoms with E-state index in [2.05, 4.69) is 31.2 Å². The molecule has 0 radical (unpaired) electrons. The van der Waals surface area contributed by atoms with Gasteiger partial charge in [-0.05, 0) is 18.8 Å². The normalized spacial score (nSPS) is 18.9. The van der Waals surface area contributed by atoms with E-state index in [9.17, 15) is 9.90 Å². The van der Waals surface area contributed by atoms with E-state index < -0.39 is 6.10 Å². The SMILES string of the molecule is CCc1c(NC(=O)N2CC[C@@H](O)C2)cnn1CC(C)C. The first kappa shape index (κ1) is 14.8. The van der Waals surface area contributed by atoms with E-state index in [1.807, 2.05) is 4.68 Å². The van der Waals surface area contributed by atoms with Crippen LogP contribution in [0.15, 0.2) is 6.20 Å². The van der Waals surface area contributed by atoms with Crippen molar-refractivity contribution in [3.8, 4) is 0 Å². The molecular weight excluding hydrogens is 256 g/mol. The third-order valence-electron chi connectivity index (χ3n) is 3.51. The van der Waals surface area contributed by atoms with E-state index in [0.29, 0.717) is 25.4 Å². The summed E-state index contributed by atoms with van der Waals surface area (Å²) >= 11 is 0. The zero-order chi connectivity index (χ0) is 14.7. The van der Waals surface area contributed by atoms with E-state index in [1.54, 1.807) is 11.1 Å². The number of aliphatic hydroxyl groups is 1. The molecule has 1 aliphatic heterocycles. The lowest BCUT2D eigenvalue weighted by molar-refractivity contribution is 0.176. The number of aliphatic hydroxyl groups excluding tert-OH is 1. The van der Waals surface area contributed by atoms with E-state index in [1.165, 1.54) is 0 Å². The molecule has 1 aromatic heterocycles. The molecule has 0 unspecified atom stereocenters. The summed E-state index contributed by atoms with van der Waals surface area (Å²) in [5.74, 6) is 0.512. The topological polar surface area (TPSA) is 70.4 Å². The maximum absolute atomic E-state index is 12.1. The van der Waals surface area contributed by atoms with Crippen molar-refractivity contribution in [2.45, 2.75) is 46.3 Å². The van der Waals surface area contributed by atoms with Crippen LogP contribution < -0.4 is 5.32 Å². The Morgan fingerprint density at radius 2 is 2.35 bits per heavy atom. The number of nitrogens with zero attached hydrogens (tertiary/aromatic N) is 3. The summed E-state index contributed by atoms with van der Waals surface area (Å²) in [6, 6.07) is -0.152. The van der Waals surface area contributed by atoms with Gasteiger partial charge in [-0.25, -0.2) is 4.79 Å². The minimum atomic E-state index is -0.393. The molecule has 1 atom stereocenters. The number of amides is 2. The van der Waals surface area contributed by atoms with E-state index in [4.69, 9.17) is 0 Å². The molecule has 0 aromatic carbocycles. The van der Waals surface area contributed by atoms with Gasteiger partial charge in [0, 0.05) is 19.6 Å². The molecule has 1 saturated heterocycles. The summed E-state index contributed by atoms with van der Waals surface area (Å²) in [5, 5.41) is 16.7. The second kappa shape index (κ2) is 6.26. The maximum atomic E-state index is 12.1. The van der Waals surface area contributed by atoms with Gasteiger partial charge in [-0.15, -0.1) is 0 Å². The van der Waals surface area contributed by atoms with Crippen LogP contribution in [0.1, 0.15) is 32.9 Å². The molecule has 6 heteroatoms. The minimum absolute atomic E-state index is 0.152. The van der Waals surface area contributed by atoms with Crippen molar-refractivity contribution in [2.75, 3.05) is 18.4 Å². The Morgan fingerprint density at radius 1 is 1.60 bits per heavy atom. The van der Waals surface area contributed by atoms with Crippen molar-refractivity contribution >= 4 is 11.7 Å². The first-order valence-corrected chi connectivity index (χ1v) is 7.30. The number of anilines is 1. The highest BCUT2D eigenvalue weighted by molar-refractivity contribution is 5.90. The number of urea groups is 1. The Hall–Kier alpha value is -1.56. The standard InChI is InChI=1S/C14H24N4O2/c1-4-13-12(7-15-18(13)8-10(2)3)16-14(20)17-6-5-11(19)9-17/h7,10-11,19H,4-6,8-9H2,1-3H3,(H,16,20)/t11-/m1/s1. The van der Waals surface area contributed by atoms with Gasteiger partial charge in [0.25, 0.3) is 0 Å². The summed E-state index contributed by atoms with van der Waals surface area (Å²) in [5.41, 5.74) is 1.83. The Balaban J connectivity index is 2.05. The van der Waals surface area contributed by atoms with Gasteiger partial charge in [0.1, 0.15) is 0 Å². The fraction of sp³-hybridized carbons (Fsp3) is 0.714. The average molecular weight is 280 g/mol. The van der Waals surface area contributed by atoms with Crippen LogP contribution in [0.5, 0.6) is 0 Å². The molecule has 2 N–H and O–H groups in total. The number of β-amino-alcohol motifs (C(OH)–C–C–N with tert-alkyl or cyclic N) is 1. The molecule has 0 spiro atoms. The van der Waals surface area contributed by atoms with Crippen LogP contribution in [0.4, 0.5) is 10.5 Å². The monoisotopic (exact) mass is 280 g/mol. The highest BCUT2D eigenvalue weighted by atomic mass is 16.3. The van der Waals surface area contributed by atoms with Gasteiger partial charge < -0.3 is 15.3 Å². The smallest absolute Gasteiger partial charge is 0.322 e. The highest BCUT2D eigenvalue weighted by Crippen LogP contribution is 2.19. The van der Waals surface area contributed by atoms with Crippen molar-refractivity contribution in [3.63, 3.8) is 0 Å². The summed E-state index contributed by atoms with van der Waals surface area (Å²) < 4.78 is 1.96. The molecule has 1 fully saturated rings. The van der Waals surface area contributed by atoms with E-state index in [-0.39, 0.29) is 6.03 Å². The quantitative estimate of drug-likeness (QED) is 0.882. The van der Waals surface area contributed by atoms with Crippen LogP contribution in [-0.2, 0) is 13.0 Å². The fourth-order valence-corrected chi connectivity index (χ4v) is 2.51. The van der Waals surface area contributed by atoms with Gasteiger partial charge in [-0.3, -0.25) is 4.68 Å². The summed E-state index contributed by atoms with van der Waals surface area (Å²) in [4.78, 5) is 13.8. The third kappa shape index (κ3) is 3.30. The summed E-state index contributed by atoms with van der Waals surface area (Å²) in [6.07, 6.45) is 2.80. The minimum Gasteiger partial charge on any atom is -0.391 e. The van der Waals surface area contributed by atoms with Crippen LogP contribution in [0.3, 0.4) is 0 Å². The van der Waals surface area contributed by atoms with Crippen molar-refractivity contribution < 1.29 is 9.90 Å². The van der Waals surface area contributed by atoms with E-state index >= 15 is 0 Å². The van der Waals surface area contributed by atoms with Crippen LogP contribution in [0, 0.1) is 5.92 Å².